The third kappa shape index (κ3) is 3.99. The molecule has 2 aromatic heterocycles. The lowest BCUT2D eigenvalue weighted by molar-refractivity contribution is 0.0628. The normalized spacial score (nSPS) is 15.0. The molecule has 8 heteroatoms. The summed E-state index contributed by atoms with van der Waals surface area (Å²) < 4.78 is 1.89. The molecule has 0 unspecified atom stereocenters. The van der Waals surface area contributed by atoms with Gasteiger partial charge >= 0.3 is 0 Å². The lowest BCUT2D eigenvalue weighted by atomic mass is 10.1. The summed E-state index contributed by atoms with van der Waals surface area (Å²) in [6.07, 6.45) is 3.65. The molecule has 1 N–H and O–H groups in total. The predicted molar refractivity (Wildman–Crippen MR) is 114 cm³/mol. The zero-order valence-corrected chi connectivity index (χ0v) is 17.1. The first-order valence-corrected chi connectivity index (χ1v) is 10.1. The van der Waals surface area contributed by atoms with Crippen molar-refractivity contribution in [3.63, 3.8) is 0 Å². The number of carbonyl (C=O) groups excluding carboxylic acids is 1. The maximum absolute atomic E-state index is 13.0. The zero-order valence-electron chi connectivity index (χ0n) is 16.3. The van der Waals surface area contributed by atoms with Gasteiger partial charge in [0.05, 0.1) is 10.9 Å². The van der Waals surface area contributed by atoms with Crippen LogP contribution in [0.4, 0.5) is 0 Å². The minimum atomic E-state index is -0.130. The number of pyridine rings is 1. The van der Waals surface area contributed by atoms with E-state index in [1.807, 2.05) is 24.1 Å². The van der Waals surface area contributed by atoms with Gasteiger partial charge in [0.15, 0.2) is 4.77 Å². The fourth-order valence-electron chi connectivity index (χ4n) is 3.72. The van der Waals surface area contributed by atoms with E-state index >= 15 is 0 Å². The molecule has 0 spiro atoms. The number of benzene rings is 1. The van der Waals surface area contributed by atoms with Crippen LogP contribution in [0.2, 0.25) is 0 Å². The summed E-state index contributed by atoms with van der Waals surface area (Å²) >= 11 is 5.27. The van der Waals surface area contributed by atoms with Crippen LogP contribution >= 0.6 is 12.2 Å². The smallest absolute Gasteiger partial charge is 0.262 e. The molecule has 0 atom stereocenters. The molecule has 1 aliphatic heterocycles. The van der Waals surface area contributed by atoms with Crippen molar-refractivity contribution in [1.82, 2.24) is 24.3 Å². The second-order valence-electron chi connectivity index (χ2n) is 7.17. The Bertz CT molecular complexity index is 1150. The monoisotopic (exact) mass is 409 g/mol. The fraction of sp³-hybridized carbons (Fsp3) is 0.333. The number of nitrogens with one attached hydrogen (secondary N) is 1. The Morgan fingerprint density at radius 2 is 2.00 bits per heavy atom. The van der Waals surface area contributed by atoms with Gasteiger partial charge in [-0.05, 0) is 49.0 Å². The second-order valence-corrected chi connectivity index (χ2v) is 7.56. The van der Waals surface area contributed by atoms with Crippen LogP contribution in [-0.4, -0.2) is 56.4 Å². The number of amides is 1. The number of nitrogens with zero attached hydrogens (tertiary/aromatic N) is 4. The fourth-order valence-corrected chi connectivity index (χ4v) is 4.04. The molecule has 3 heterocycles. The van der Waals surface area contributed by atoms with Gasteiger partial charge in [0, 0.05) is 57.2 Å². The molecule has 1 aromatic carbocycles. The van der Waals surface area contributed by atoms with Gasteiger partial charge < -0.3 is 9.88 Å². The number of aromatic amines is 1. The van der Waals surface area contributed by atoms with Gasteiger partial charge in [-0.2, -0.15) is 0 Å². The Labute approximate surface area is 173 Å². The number of piperazine rings is 1. The van der Waals surface area contributed by atoms with Gasteiger partial charge in [-0.15, -0.1) is 0 Å². The quantitative estimate of drug-likeness (QED) is 0.670. The van der Waals surface area contributed by atoms with Crippen LogP contribution in [-0.2, 0) is 13.1 Å². The molecule has 3 aromatic rings. The minimum absolute atomic E-state index is 0.0214. The Morgan fingerprint density at radius 3 is 2.69 bits per heavy atom. The third-order valence-electron chi connectivity index (χ3n) is 5.33. The SMILES string of the molecule is CCn1c(=S)[nH]c2cc(C(=O)N3CCN(Cc4cccnc4)CC3)ccc2c1=O. The molecule has 0 radical (unpaired) electrons. The van der Waals surface area contributed by atoms with E-state index in [0.717, 1.165) is 19.6 Å². The van der Waals surface area contributed by atoms with Crippen molar-refractivity contribution >= 4 is 29.0 Å². The van der Waals surface area contributed by atoms with Gasteiger partial charge in [-0.1, -0.05) is 6.07 Å². The highest BCUT2D eigenvalue weighted by atomic mass is 32.1. The number of hydrogen-bond acceptors (Lipinski definition) is 5. The number of hydrogen-bond donors (Lipinski definition) is 1. The Hall–Kier alpha value is -2.84. The first-order valence-electron chi connectivity index (χ1n) is 9.74. The lowest BCUT2D eigenvalue weighted by Gasteiger charge is -2.34. The van der Waals surface area contributed by atoms with E-state index < -0.39 is 0 Å². The molecule has 0 bridgehead atoms. The van der Waals surface area contributed by atoms with Crippen molar-refractivity contribution in [1.29, 1.82) is 0 Å². The standard InChI is InChI=1S/C21H23N5O2S/c1-2-26-20(28)17-6-5-16(12-18(17)23-21(26)29)19(27)25-10-8-24(9-11-25)14-15-4-3-7-22-13-15/h3-7,12-13H,2,8-11,14H2,1H3,(H,23,29). The predicted octanol–water partition coefficient (Wildman–Crippen LogP) is 2.43. The van der Waals surface area contributed by atoms with E-state index in [1.165, 1.54) is 10.1 Å². The Balaban J connectivity index is 1.48. The van der Waals surface area contributed by atoms with Crippen molar-refractivity contribution in [2.24, 2.45) is 0 Å². The summed E-state index contributed by atoms with van der Waals surface area (Å²) in [5, 5.41) is 0.540. The molecule has 4 rings (SSSR count). The van der Waals surface area contributed by atoms with Gasteiger partial charge in [-0.25, -0.2) is 0 Å². The second kappa shape index (κ2) is 8.26. The number of H-pyrrole nitrogens is 1. The Kier molecular flexibility index (Phi) is 5.55. The molecule has 1 saturated heterocycles. The van der Waals surface area contributed by atoms with E-state index in [2.05, 4.69) is 20.9 Å². The van der Waals surface area contributed by atoms with Crippen LogP contribution < -0.4 is 5.56 Å². The highest BCUT2D eigenvalue weighted by molar-refractivity contribution is 7.71. The number of fused-ring (bicyclic) bond motifs is 1. The van der Waals surface area contributed by atoms with Crippen LogP contribution in [0, 0.1) is 4.77 Å². The van der Waals surface area contributed by atoms with Crippen LogP contribution in [0.1, 0.15) is 22.8 Å². The third-order valence-corrected chi connectivity index (χ3v) is 5.66. The molecule has 29 heavy (non-hydrogen) atoms. The highest BCUT2D eigenvalue weighted by Crippen LogP contribution is 2.15. The molecule has 0 aliphatic carbocycles. The number of aromatic nitrogens is 3. The van der Waals surface area contributed by atoms with Gasteiger partial charge in [0.1, 0.15) is 0 Å². The lowest BCUT2D eigenvalue weighted by Crippen LogP contribution is -2.48. The van der Waals surface area contributed by atoms with Crippen molar-refractivity contribution in [3.8, 4) is 0 Å². The molecular formula is C21H23N5O2S. The molecule has 1 amide bonds. The topological polar surface area (TPSA) is 74.2 Å². The molecular weight excluding hydrogens is 386 g/mol. The molecule has 0 saturated carbocycles. The molecule has 150 valence electrons. The maximum Gasteiger partial charge on any atom is 0.262 e. The average Bonchev–Trinajstić information content (AvgIpc) is 2.74. The van der Waals surface area contributed by atoms with Crippen molar-refractivity contribution < 1.29 is 4.79 Å². The Morgan fingerprint density at radius 1 is 1.21 bits per heavy atom. The van der Waals surface area contributed by atoms with E-state index in [1.54, 1.807) is 24.4 Å². The van der Waals surface area contributed by atoms with E-state index in [9.17, 15) is 9.59 Å². The van der Waals surface area contributed by atoms with Gasteiger partial charge in [0.25, 0.3) is 11.5 Å². The van der Waals surface area contributed by atoms with Crippen LogP contribution in [0.25, 0.3) is 10.9 Å². The number of rotatable bonds is 4. The summed E-state index contributed by atoms with van der Waals surface area (Å²) in [6.45, 7) is 6.20. The van der Waals surface area contributed by atoms with Gasteiger partial charge in [-0.3, -0.25) is 24.0 Å². The molecule has 7 nitrogen and oxygen atoms in total. The number of carbonyl (C=O) groups is 1. The maximum atomic E-state index is 13.0. The average molecular weight is 410 g/mol. The minimum Gasteiger partial charge on any atom is -0.336 e. The first kappa shape index (κ1) is 19.5. The van der Waals surface area contributed by atoms with Crippen molar-refractivity contribution in [2.45, 2.75) is 20.0 Å². The van der Waals surface area contributed by atoms with Crippen LogP contribution in [0.5, 0.6) is 0 Å². The summed E-state index contributed by atoms with van der Waals surface area (Å²) in [7, 11) is 0. The zero-order chi connectivity index (χ0) is 20.4. The van der Waals surface area contributed by atoms with E-state index in [-0.39, 0.29) is 11.5 Å². The summed E-state index contributed by atoms with van der Waals surface area (Å²) in [5.74, 6) is -0.0214. The summed E-state index contributed by atoms with van der Waals surface area (Å²) in [6, 6.07) is 9.17. The van der Waals surface area contributed by atoms with Crippen molar-refractivity contribution in [3.05, 3.63) is 69.0 Å². The summed E-state index contributed by atoms with van der Waals surface area (Å²) in [5.41, 5.74) is 2.22. The van der Waals surface area contributed by atoms with Crippen LogP contribution in [0.3, 0.4) is 0 Å². The van der Waals surface area contributed by atoms with Crippen molar-refractivity contribution in [2.75, 3.05) is 26.2 Å². The van der Waals surface area contributed by atoms with Gasteiger partial charge in [0.2, 0.25) is 0 Å². The highest BCUT2D eigenvalue weighted by Gasteiger charge is 2.22. The van der Waals surface area contributed by atoms with Crippen LogP contribution in [0.15, 0.2) is 47.5 Å². The van der Waals surface area contributed by atoms with E-state index in [0.29, 0.717) is 40.9 Å². The largest absolute Gasteiger partial charge is 0.336 e. The van der Waals surface area contributed by atoms with E-state index in [4.69, 9.17) is 12.2 Å². The first-order chi connectivity index (χ1) is 14.1. The molecule has 1 aliphatic rings. The summed E-state index contributed by atoms with van der Waals surface area (Å²) in [4.78, 5) is 36.9. The molecule has 1 fully saturated rings.